The largest absolute Gasteiger partial charge is 0.460 e. The van der Waals surface area contributed by atoms with Crippen LogP contribution >= 0.6 is 0 Å². The Labute approximate surface area is 165 Å². The van der Waals surface area contributed by atoms with E-state index in [1.165, 1.54) is 32.1 Å². The van der Waals surface area contributed by atoms with Crippen LogP contribution in [0.25, 0.3) is 0 Å². The van der Waals surface area contributed by atoms with Gasteiger partial charge in [0.1, 0.15) is 0 Å². The zero-order valence-corrected chi connectivity index (χ0v) is 16.3. The Bertz CT molecular complexity index is 499. The van der Waals surface area contributed by atoms with Gasteiger partial charge < -0.3 is 0 Å². The summed E-state index contributed by atoms with van der Waals surface area (Å²) in [6, 6.07) is 0. The van der Waals surface area contributed by atoms with E-state index in [9.17, 15) is 39.5 Å². The molecule has 9 heteroatoms. The van der Waals surface area contributed by atoms with Crippen LogP contribution in [0.5, 0.6) is 0 Å². The van der Waals surface area contributed by atoms with Crippen molar-refractivity contribution in [2.75, 3.05) is 0 Å². The summed E-state index contributed by atoms with van der Waals surface area (Å²) in [5.74, 6) is -17.0. The van der Waals surface area contributed by atoms with E-state index in [0.717, 1.165) is 31.6 Å². The molecule has 2 aliphatic carbocycles. The van der Waals surface area contributed by atoms with Gasteiger partial charge in [0.05, 0.1) is 0 Å². The Morgan fingerprint density at radius 1 is 0.552 bits per heavy atom. The summed E-state index contributed by atoms with van der Waals surface area (Å²) in [6.07, 6.45) is 1.96. The van der Waals surface area contributed by atoms with Gasteiger partial charge in [0, 0.05) is 6.42 Å². The lowest BCUT2D eigenvalue weighted by molar-refractivity contribution is -0.396. The first-order chi connectivity index (χ1) is 13.3. The number of halogens is 9. The molecule has 0 heterocycles. The highest BCUT2D eigenvalue weighted by Gasteiger charge is 2.81. The van der Waals surface area contributed by atoms with E-state index >= 15 is 0 Å². The van der Waals surface area contributed by atoms with Crippen LogP contribution in [0, 0.1) is 17.8 Å². The molecule has 0 aromatic carbocycles. The minimum absolute atomic E-state index is 0.113. The highest BCUT2D eigenvalue weighted by atomic mass is 19.4. The third-order valence-corrected chi connectivity index (χ3v) is 6.77. The van der Waals surface area contributed by atoms with Crippen molar-refractivity contribution >= 4 is 0 Å². The lowest BCUT2D eigenvalue weighted by Gasteiger charge is -2.36. The molecule has 2 saturated carbocycles. The summed E-state index contributed by atoms with van der Waals surface area (Å²) in [5, 5.41) is 0. The monoisotopic (exact) mass is 440 g/mol. The van der Waals surface area contributed by atoms with E-state index in [1.807, 2.05) is 0 Å². The van der Waals surface area contributed by atoms with E-state index in [-0.39, 0.29) is 12.3 Å². The van der Waals surface area contributed by atoms with Gasteiger partial charge in [0.25, 0.3) is 0 Å². The van der Waals surface area contributed by atoms with Gasteiger partial charge in [-0.1, -0.05) is 57.8 Å². The standard InChI is InChI=1S/C20H29F9/c21-17(22,18(23,24)19(25,26)20(27,28)29)13-5-4-6-14-9-11-16(12-10-14)15-7-2-1-3-8-15/h14-16H,1-13H2/t14-,16-. The first kappa shape index (κ1) is 24.6. The van der Waals surface area contributed by atoms with Crippen LogP contribution in [-0.4, -0.2) is 23.9 Å². The quantitative estimate of drug-likeness (QED) is 0.263. The normalized spacial score (nSPS) is 26.0. The van der Waals surface area contributed by atoms with Crippen LogP contribution in [0.1, 0.15) is 83.5 Å². The zero-order chi connectivity index (χ0) is 21.9. The molecule has 29 heavy (non-hydrogen) atoms. The van der Waals surface area contributed by atoms with Crippen molar-refractivity contribution in [2.45, 2.75) is 107 Å². The summed E-state index contributed by atoms with van der Waals surface area (Å²) >= 11 is 0. The van der Waals surface area contributed by atoms with Gasteiger partial charge in [-0.2, -0.15) is 39.5 Å². The first-order valence-electron chi connectivity index (χ1n) is 10.5. The van der Waals surface area contributed by atoms with Crippen molar-refractivity contribution < 1.29 is 39.5 Å². The van der Waals surface area contributed by atoms with Crippen molar-refractivity contribution in [1.29, 1.82) is 0 Å². The van der Waals surface area contributed by atoms with E-state index < -0.39 is 36.8 Å². The van der Waals surface area contributed by atoms with Gasteiger partial charge >= 0.3 is 23.9 Å². The van der Waals surface area contributed by atoms with Crippen LogP contribution in [0.2, 0.25) is 0 Å². The third-order valence-electron chi connectivity index (χ3n) is 6.77. The molecule has 172 valence electrons. The highest BCUT2D eigenvalue weighted by Crippen LogP contribution is 2.54. The fraction of sp³-hybridized carbons (Fsp3) is 1.00. The molecule has 0 unspecified atom stereocenters. The van der Waals surface area contributed by atoms with Crippen LogP contribution in [-0.2, 0) is 0 Å². The van der Waals surface area contributed by atoms with Crippen molar-refractivity contribution in [1.82, 2.24) is 0 Å². The van der Waals surface area contributed by atoms with E-state index in [0.29, 0.717) is 12.3 Å². The van der Waals surface area contributed by atoms with Crippen molar-refractivity contribution in [2.24, 2.45) is 17.8 Å². The number of hydrogen-bond acceptors (Lipinski definition) is 0. The van der Waals surface area contributed by atoms with Gasteiger partial charge in [0.2, 0.25) is 0 Å². The molecular weight excluding hydrogens is 411 g/mol. The summed E-state index contributed by atoms with van der Waals surface area (Å²) in [6.45, 7) is 0. The van der Waals surface area contributed by atoms with Crippen LogP contribution in [0.4, 0.5) is 39.5 Å². The molecule has 0 bridgehead atoms. The molecule has 2 fully saturated rings. The minimum atomic E-state index is -6.78. The van der Waals surface area contributed by atoms with Crippen LogP contribution < -0.4 is 0 Å². The lowest BCUT2D eigenvalue weighted by Crippen LogP contribution is -2.60. The summed E-state index contributed by atoms with van der Waals surface area (Å²) in [4.78, 5) is 0. The summed E-state index contributed by atoms with van der Waals surface area (Å²) in [7, 11) is 0. The molecule has 0 spiro atoms. The number of hydrogen-bond donors (Lipinski definition) is 0. The average Bonchev–Trinajstić information content (AvgIpc) is 2.65. The average molecular weight is 440 g/mol. The van der Waals surface area contributed by atoms with Gasteiger partial charge in [0.15, 0.2) is 0 Å². The first-order valence-corrected chi connectivity index (χ1v) is 10.5. The van der Waals surface area contributed by atoms with Crippen molar-refractivity contribution in [3.05, 3.63) is 0 Å². The second-order valence-corrected chi connectivity index (χ2v) is 8.78. The molecule has 2 aliphatic rings. The van der Waals surface area contributed by atoms with Crippen molar-refractivity contribution in [3.8, 4) is 0 Å². The Hall–Kier alpha value is -0.630. The third kappa shape index (κ3) is 5.54. The smallest absolute Gasteiger partial charge is 0.200 e. The fourth-order valence-electron chi connectivity index (χ4n) is 4.90. The Morgan fingerprint density at radius 2 is 1.07 bits per heavy atom. The molecule has 0 saturated heterocycles. The molecule has 0 atom stereocenters. The maximum atomic E-state index is 13.5. The number of rotatable bonds is 8. The SMILES string of the molecule is FC(F)(F)C(F)(F)C(F)(F)C(F)(F)CCCC[C@H]1CC[C@H](C2CCCCC2)CC1. The number of alkyl halides is 9. The lowest BCUT2D eigenvalue weighted by atomic mass is 9.70. The minimum Gasteiger partial charge on any atom is -0.200 e. The van der Waals surface area contributed by atoms with Gasteiger partial charge in [-0.3, -0.25) is 0 Å². The molecule has 2 rings (SSSR count). The van der Waals surface area contributed by atoms with E-state index in [1.54, 1.807) is 0 Å². The maximum absolute atomic E-state index is 13.5. The highest BCUT2D eigenvalue weighted by molar-refractivity contribution is 5.00. The molecule has 0 aromatic heterocycles. The van der Waals surface area contributed by atoms with Crippen molar-refractivity contribution in [3.63, 3.8) is 0 Å². The molecule has 0 N–H and O–H groups in total. The fourth-order valence-corrected chi connectivity index (χ4v) is 4.90. The summed E-state index contributed by atoms with van der Waals surface area (Å²) in [5.41, 5.74) is 0. The van der Waals surface area contributed by atoms with Gasteiger partial charge in [-0.05, 0) is 37.0 Å². The topological polar surface area (TPSA) is 0 Å². The van der Waals surface area contributed by atoms with Gasteiger partial charge in [-0.25, -0.2) is 0 Å². The van der Waals surface area contributed by atoms with Gasteiger partial charge in [-0.15, -0.1) is 0 Å². The number of unbranched alkanes of at least 4 members (excludes halogenated alkanes) is 1. The Morgan fingerprint density at radius 3 is 1.59 bits per heavy atom. The Balaban J connectivity index is 1.74. The zero-order valence-electron chi connectivity index (χ0n) is 16.3. The molecule has 0 radical (unpaired) electrons. The summed E-state index contributed by atoms with van der Waals surface area (Å²) < 4.78 is 116. The predicted molar refractivity (Wildman–Crippen MR) is 91.4 cm³/mol. The van der Waals surface area contributed by atoms with Crippen LogP contribution in [0.3, 0.4) is 0 Å². The second kappa shape index (κ2) is 9.25. The molecule has 0 nitrogen and oxygen atoms in total. The molecule has 0 aliphatic heterocycles. The Kier molecular flexibility index (Phi) is 7.86. The molecule has 0 aromatic rings. The second-order valence-electron chi connectivity index (χ2n) is 8.78. The predicted octanol–water partition coefficient (Wildman–Crippen LogP) is 8.40. The van der Waals surface area contributed by atoms with Crippen LogP contribution in [0.15, 0.2) is 0 Å². The molecular formula is C20H29F9. The van der Waals surface area contributed by atoms with E-state index in [2.05, 4.69) is 0 Å². The maximum Gasteiger partial charge on any atom is 0.460 e. The van der Waals surface area contributed by atoms with E-state index in [4.69, 9.17) is 0 Å². The molecule has 0 amide bonds.